The summed E-state index contributed by atoms with van der Waals surface area (Å²) < 4.78 is 5.03. The summed E-state index contributed by atoms with van der Waals surface area (Å²) in [5.41, 5.74) is 2.50. The van der Waals surface area contributed by atoms with Crippen LogP contribution in [-0.2, 0) is 4.74 Å². The molecule has 0 amide bonds. The average molecular weight is 207 g/mol. The van der Waals surface area contributed by atoms with Crippen molar-refractivity contribution in [1.29, 1.82) is 0 Å². The van der Waals surface area contributed by atoms with Gasteiger partial charge in [0.05, 0.1) is 17.9 Å². The molecule has 82 valence electrons. The van der Waals surface area contributed by atoms with Crippen LogP contribution in [0.15, 0.2) is 18.2 Å². The van der Waals surface area contributed by atoms with Crippen LogP contribution in [0.3, 0.4) is 0 Å². The van der Waals surface area contributed by atoms with Crippen LogP contribution in [0.2, 0.25) is 0 Å². The number of carbonyl (C=O) groups excluding carboxylic acids is 1. The summed E-state index contributed by atoms with van der Waals surface area (Å²) in [4.78, 5) is 13.7. The highest BCUT2D eigenvalue weighted by Gasteiger charge is 2.15. The second-order valence-electron chi connectivity index (χ2n) is 3.58. The van der Waals surface area contributed by atoms with Gasteiger partial charge in [0.15, 0.2) is 0 Å². The Bertz CT molecular complexity index is 359. The largest absolute Gasteiger partial charge is 0.462 e. The Labute approximate surface area is 90.7 Å². The zero-order chi connectivity index (χ0) is 11.4. The van der Waals surface area contributed by atoms with Gasteiger partial charge in [0.25, 0.3) is 0 Å². The minimum atomic E-state index is -0.251. The molecule has 0 aliphatic heterocycles. The highest BCUT2D eigenvalue weighted by atomic mass is 16.5. The highest BCUT2D eigenvalue weighted by Crippen LogP contribution is 2.22. The molecule has 0 unspecified atom stereocenters. The van der Waals surface area contributed by atoms with Gasteiger partial charge in [0.2, 0.25) is 0 Å². The van der Waals surface area contributed by atoms with Crippen LogP contribution in [0.5, 0.6) is 0 Å². The van der Waals surface area contributed by atoms with Crippen LogP contribution >= 0.6 is 0 Å². The van der Waals surface area contributed by atoms with Gasteiger partial charge in [0, 0.05) is 14.1 Å². The van der Waals surface area contributed by atoms with E-state index >= 15 is 0 Å². The van der Waals surface area contributed by atoms with Gasteiger partial charge in [-0.25, -0.2) is 4.79 Å². The van der Waals surface area contributed by atoms with E-state index < -0.39 is 0 Å². The number of aryl methyl sites for hydroxylation is 1. The van der Waals surface area contributed by atoms with Crippen molar-refractivity contribution in [3.8, 4) is 0 Å². The average Bonchev–Trinajstić information content (AvgIpc) is 2.17. The number of esters is 1. The lowest BCUT2D eigenvalue weighted by Gasteiger charge is -2.18. The zero-order valence-corrected chi connectivity index (χ0v) is 9.70. The van der Waals surface area contributed by atoms with Gasteiger partial charge in [-0.1, -0.05) is 12.1 Å². The van der Waals surface area contributed by atoms with Crippen molar-refractivity contribution in [2.75, 3.05) is 25.6 Å². The van der Waals surface area contributed by atoms with Gasteiger partial charge in [0.1, 0.15) is 0 Å². The molecule has 1 aromatic rings. The van der Waals surface area contributed by atoms with Crippen molar-refractivity contribution in [2.45, 2.75) is 13.8 Å². The molecule has 0 aliphatic carbocycles. The van der Waals surface area contributed by atoms with E-state index in [9.17, 15) is 4.79 Å². The molecule has 0 heterocycles. The first kappa shape index (κ1) is 11.6. The van der Waals surface area contributed by atoms with Gasteiger partial charge < -0.3 is 9.64 Å². The molecule has 0 saturated heterocycles. The second kappa shape index (κ2) is 4.82. The Kier molecular flexibility index (Phi) is 3.72. The van der Waals surface area contributed by atoms with Crippen molar-refractivity contribution in [2.24, 2.45) is 0 Å². The van der Waals surface area contributed by atoms with Crippen LogP contribution < -0.4 is 4.90 Å². The van der Waals surface area contributed by atoms with Crippen LogP contribution in [-0.4, -0.2) is 26.7 Å². The Balaban J connectivity index is 3.18. The van der Waals surface area contributed by atoms with Crippen molar-refractivity contribution < 1.29 is 9.53 Å². The van der Waals surface area contributed by atoms with E-state index in [2.05, 4.69) is 0 Å². The van der Waals surface area contributed by atoms with E-state index in [1.807, 2.05) is 51.0 Å². The first-order valence-electron chi connectivity index (χ1n) is 5.02. The van der Waals surface area contributed by atoms with E-state index in [0.29, 0.717) is 12.2 Å². The maximum absolute atomic E-state index is 11.7. The number of carbonyl (C=O) groups is 1. The molecule has 0 N–H and O–H groups in total. The highest BCUT2D eigenvalue weighted by molar-refractivity contribution is 5.97. The summed E-state index contributed by atoms with van der Waals surface area (Å²) in [7, 11) is 3.83. The normalized spacial score (nSPS) is 9.87. The van der Waals surface area contributed by atoms with E-state index in [1.54, 1.807) is 0 Å². The van der Waals surface area contributed by atoms with E-state index in [4.69, 9.17) is 4.74 Å². The van der Waals surface area contributed by atoms with Crippen LogP contribution in [0.25, 0.3) is 0 Å². The molecule has 0 radical (unpaired) electrons. The van der Waals surface area contributed by atoms with Gasteiger partial charge in [-0.15, -0.1) is 0 Å². The fraction of sp³-hybridized carbons (Fsp3) is 0.417. The number of anilines is 1. The Morgan fingerprint density at radius 1 is 1.40 bits per heavy atom. The second-order valence-corrected chi connectivity index (χ2v) is 3.58. The van der Waals surface area contributed by atoms with Crippen molar-refractivity contribution in [3.05, 3.63) is 29.3 Å². The molecule has 0 bridgehead atoms. The van der Waals surface area contributed by atoms with Gasteiger partial charge in [-0.3, -0.25) is 0 Å². The molecule has 0 aromatic heterocycles. The van der Waals surface area contributed by atoms with E-state index in [0.717, 1.165) is 11.3 Å². The molecule has 0 saturated carbocycles. The minimum Gasteiger partial charge on any atom is -0.462 e. The fourth-order valence-electron chi connectivity index (χ4n) is 1.49. The summed E-state index contributed by atoms with van der Waals surface area (Å²) in [6.45, 7) is 4.13. The fourth-order valence-corrected chi connectivity index (χ4v) is 1.49. The number of ether oxygens (including phenoxy) is 1. The minimum absolute atomic E-state index is 0.251. The van der Waals surface area contributed by atoms with Crippen molar-refractivity contribution in [3.63, 3.8) is 0 Å². The number of hydrogen-bond donors (Lipinski definition) is 0. The molecular formula is C12H17NO2. The zero-order valence-electron chi connectivity index (χ0n) is 9.70. The number of rotatable bonds is 3. The third-order valence-corrected chi connectivity index (χ3v) is 2.21. The van der Waals surface area contributed by atoms with Gasteiger partial charge >= 0.3 is 5.97 Å². The Morgan fingerprint density at radius 3 is 2.60 bits per heavy atom. The van der Waals surface area contributed by atoms with Crippen molar-refractivity contribution >= 4 is 11.7 Å². The van der Waals surface area contributed by atoms with Crippen molar-refractivity contribution in [1.82, 2.24) is 0 Å². The van der Waals surface area contributed by atoms with Crippen LogP contribution in [0.1, 0.15) is 22.8 Å². The third kappa shape index (κ3) is 2.49. The van der Waals surface area contributed by atoms with Crippen LogP contribution in [0, 0.1) is 6.92 Å². The summed E-state index contributed by atoms with van der Waals surface area (Å²) in [6.07, 6.45) is 0. The molecule has 3 heteroatoms. The molecule has 1 rings (SSSR count). The standard InChI is InChI=1S/C12H17NO2/c1-5-15-12(14)11-9(2)7-6-8-10(11)13(3)4/h6-8H,5H2,1-4H3. The van der Waals surface area contributed by atoms with Crippen LogP contribution in [0.4, 0.5) is 5.69 Å². The predicted molar refractivity (Wildman–Crippen MR) is 61.5 cm³/mol. The number of nitrogens with zero attached hydrogens (tertiary/aromatic N) is 1. The summed E-state index contributed by atoms with van der Waals surface area (Å²) in [5.74, 6) is -0.251. The SMILES string of the molecule is CCOC(=O)c1c(C)cccc1N(C)C. The predicted octanol–water partition coefficient (Wildman–Crippen LogP) is 2.24. The maximum atomic E-state index is 11.7. The number of benzene rings is 1. The Hall–Kier alpha value is -1.51. The maximum Gasteiger partial charge on any atom is 0.340 e. The molecule has 15 heavy (non-hydrogen) atoms. The first-order valence-corrected chi connectivity index (χ1v) is 5.02. The number of hydrogen-bond acceptors (Lipinski definition) is 3. The van der Waals surface area contributed by atoms with E-state index in [-0.39, 0.29) is 5.97 Å². The molecular weight excluding hydrogens is 190 g/mol. The molecule has 0 spiro atoms. The first-order chi connectivity index (χ1) is 7.07. The summed E-state index contributed by atoms with van der Waals surface area (Å²) >= 11 is 0. The lowest BCUT2D eigenvalue weighted by Crippen LogP contribution is -2.16. The molecule has 1 aromatic carbocycles. The molecule has 0 fully saturated rings. The third-order valence-electron chi connectivity index (χ3n) is 2.21. The Morgan fingerprint density at radius 2 is 2.07 bits per heavy atom. The molecule has 3 nitrogen and oxygen atoms in total. The topological polar surface area (TPSA) is 29.5 Å². The molecule has 0 aliphatic rings. The van der Waals surface area contributed by atoms with Gasteiger partial charge in [-0.05, 0) is 25.5 Å². The monoisotopic (exact) mass is 207 g/mol. The smallest absolute Gasteiger partial charge is 0.340 e. The lowest BCUT2D eigenvalue weighted by atomic mass is 10.1. The molecule has 0 atom stereocenters. The quantitative estimate of drug-likeness (QED) is 0.712. The van der Waals surface area contributed by atoms with Gasteiger partial charge in [-0.2, -0.15) is 0 Å². The van der Waals surface area contributed by atoms with E-state index in [1.165, 1.54) is 0 Å². The summed E-state index contributed by atoms with van der Waals surface area (Å²) in [6, 6.07) is 5.77. The lowest BCUT2D eigenvalue weighted by molar-refractivity contribution is 0.0526. The summed E-state index contributed by atoms with van der Waals surface area (Å²) in [5, 5.41) is 0.